The number of ether oxygens (including phenoxy) is 2. The van der Waals surface area contributed by atoms with Crippen LogP contribution in [0.25, 0.3) is 5.70 Å². The fourth-order valence-corrected chi connectivity index (χ4v) is 3.94. The standard InChI is InChI=1S/C26H23ClN2O4/c1-16-5-4-6-17(11-16)20(26(30)31)13-19(28)14-23(29-22-8-3-2-7-21(22)27)18-9-10-24-25(12-18)33-15-32-24/h2-12,14,20,28-29H,13,15H2,1H3,(H,30,31)/p+1. The van der Waals surface area contributed by atoms with E-state index < -0.39 is 11.9 Å². The van der Waals surface area contributed by atoms with Crippen LogP contribution in [0.3, 0.4) is 0 Å². The molecule has 33 heavy (non-hydrogen) atoms. The van der Waals surface area contributed by atoms with Gasteiger partial charge in [0.15, 0.2) is 17.2 Å². The van der Waals surface area contributed by atoms with Crippen molar-refractivity contribution in [2.45, 2.75) is 19.3 Å². The van der Waals surface area contributed by atoms with Gasteiger partial charge in [-0.2, -0.15) is 0 Å². The van der Waals surface area contributed by atoms with E-state index in [0.29, 0.717) is 22.1 Å². The Morgan fingerprint density at radius 1 is 1.12 bits per heavy atom. The summed E-state index contributed by atoms with van der Waals surface area (Å²) in [6.45, 7) is 2.09. The number of allylic oxidation sites excluding steroid dienone is 1. The zero-order valence-corrected chi connectivity index (χ0v) is 18.8. The number of carbonyl (C=O) groups is 1. The van der Waals surface area contributed by atoms with Crippen LogP contribution in [-0.2, 0) is 4.79 Å². The van der Waals surface area contributed by atoms with Gasteiger partial charge in [-0.25, -0.2) is 0 Å². The highest BCUT2D eigenvalue weighted by molar-refractivity contribution is 6.32. The molecular formula is C26H24ClN2O4+. The van der Waals surface area contributed by atoms with Crippen molar-refractivity contribution in [1.82, 2.24) is 0 Å². The van der Waals surface area contributed by atoms with Crippen molar-refractivity contribution in [3.8, 4) is 11.5 Å². The van der Waals surface area contributed by atoms with Gasteiger partial charge in [-0.05, 0) is 36.8 Å². The number of benzene rings is 3. The number of halogens is 1. The molecule has 0 radical (unpaired) electrons. The van der Waals surface area contributed by atoms with E-state index in [2.05, 4.69) is 0 Å². The number of aliphatic carboxylic acids is 1. The van der Waals surface area contributed by atoms with Gasteiger partial charge in [0.1, 0.15) is 10.7 Å². The first-order valence-corrected chi connectivity index (χ1v) is 10.9. The molecule has 0 spiro atoms. The van der Waals surface area contributed by atoms with Crippen molar-refractivity contribution in [3.63, 3.8) is 0 Å². The summed E-state index contributed by atoms with van der Waals surface area (Å²) in [5.41, 5.74) is 4.18. The summed E-state index contributed by atoms with van der Waals surface area (Å²) in [6.07, 6.45) is 1.75. The highest BCUT2D eigenvalue weighted by Gasteiger charge is 2.23. The van der Waals surface area contributed by atoms with Crippen LogP contribution in [0.5, 0.6) is 11.5 Å². The van der Waals surface area contributed by atoms with Gasteiger partial charge in [0.05, 0.1) is 5.92 Å². The van der Waals surface area contributed by atoms with E-state index in [9.17, 15) is 9.90 Å². The molecule has 1 aliphatic rings. The SMILES string of the molecule is Cc1cccc(C(CC(=N)C=C([NH2+]c2ccccc2Cl)c2ccc3c(c2)OCO3)C(=O)O)c1. The Labute approximate surface area is 196 Å². The molecule has 3 aromatic rings. The summed E-state index contributed by atoms with van der Waals surface area (Å²) in [7, 11) is 0. The molecule has 0 aliphatic carbocycles. The third-order valence-corrected chi connectivity index (χ3v) is 5.76. The van der Waals surface area contributed by atoms with Crippen molar-refractivity contribution in [2.24, 2.45) is 0 Å². The average molecular weight is 464 g/mol. The van der Waals surface area contributed by atoms with Gasteiger partial charge in [0.2, 0.25) is 6.79 Å². The van der Waals surface area contributed by atoms with Crippen LogP contribution in [-0.4, -0.2) is 23.6 Å². The van der Waals surface area contributed by atoms with Gasteiger partial charge in [0.25, 0.3) is 0 Å². The summed E-state index contributed by atoms with van der Waals surface area (Å²) < 4.78 is 10.9. The average Bonchev–Trinajstić information content (AvgIpc) is 3.26. The van der Waals surface area contributed by atoms with Crippen LogP contribution in [0.2, 0.25) is 5.02 Å². The highest BCUT2D eigenvalue weighted by Crippen LogP contribution is 2.34. The predicted molar refractivity (Wildman–Crippen MR) is 127 cm³/mol. The van der Waals surface area contributed by atoms with Crippen molar-refractivity contribution in [1.29, 1.82) is 5.41 Å². The number of hydrogen-bond donors (Lipinski definition) is 3. The number of para-hydroxylation sites is 1. The van der Waals surface area contributed by atoms with Gasteiger partial charge >= 0.3 is 5.97 Å². The Bertz CT molecular complexity index is 1240. The second-order valence-corrected chi connectivity index (χ2v) is 8.28. The molecule has 0 fully saturated rings. The molecule has 168 valence electrons. The van der Waals surface area contributed by atoms with Gasteiger partial charge in [-0.15, -0.1) is 0 Å². The Balaban J connectivity index is 1.66. The van der Waals surface area contributed by atoms with Gasteiger partial charge in [0, 0.05) is 29.8 Å². The predicted octanol–water partition coefficient (Wildman–Crippen LogP) is 4.89. The quantitative estimate of drug-likeness (QED) is 0.327. The zero-order chi connectivity index (χ0) is 23.4. The summed E-state index contributed by atoms with van der Waals surface area (Å²) in [4.78, 5) is 12.0. The van der Waals surface area contributed by atoms with Gasteiger partial charge < -0.3 is 20.0 Å². The van der Waals surface area contributed by atoms with E-state index in [4.69, 9.17) is 26.5 Å². The van der Waals surface area contributed by atoms with Gasteiger partial charge in [-0.3, -0.25) is 10.1 Å². The largest absolute Gasteiger partial charge is 0.481 e. The number of carboxylic acids is 1. The molecular weight excluding hydrogens is 440 g/mol. The molecule has 0 saturated carbocycles. The normalized spacial score (nSPS) is 13.6. The lowest BCUT2D eigenvalue weighted by Gasteiger charge is -2.14. The molecule has 1 unspecified atom stereocenters. The van der Waals surface area contributed by atoms with Crippen molar-refractivity contribution < 1.29 is 24.7 Å². The molecule has 0 saturated heterocycles. The molecule has 6 nitrogen and oxygen atoms in total. The molecule has 1 atom stereocenters. The number of nitrogens with two attached hydrogens (primary N) is 1. The summed E-state index contributed by atoms with van der Waals surface area (Å²) in [6, 6.07) is 20.4. The first-order chi connectivity index (χ1) is 15.9. The van der Waals surface area contributed by atoms with E-state index in [1.165, 1.54) is 0 Å². The Morgan fingerprint density at radius 2 is 1.91 bits per heavy atom. The molecule has 1 aliphatic heterocycles. The Hall–Kier alpha value is -3.61. The number of fused-ring (bicyclic) bond motifs is 1. The molecule has 3 aromatic carbocycles. The molecule has 0 aromatic heterocycles. The second-order valence-electron chi connectivity index (χ2n) is 7.87. The maximum absolute atomic E-state index is 12.0. The van der Waals surface area contributed by atoms with Crippen LogP contribution < -0.4 is 14.8 Å². The lowest BCUT2D eigenvalue weighted by molar-refractivity contribution is -0.469. The van der Waals surface area contributed by atoms with E-state index in [0.717, 1.165) is 22.5 Å². The number of nitrogens with one attached hydrogen (secondary N) is 1. The fraction of sp³-hybridized carbons (Fsp3) is 0.154. The lowest BCUT2D eigenvalue weighted by atomic mass is 9.92. The number of quaternary nitrogens is 1. The minimum absolute atomic E-state index is 0.0587. The monoisotopic (exact) mass is 463 g/mol. The fourth-order valence-electron chi connectivity index (χ4n) is 3.75. The smallest absolute Gasteiger partial charge is 0.311 e. The zero-order valence-electron chi connectivity index (χ0n) is 18.0. The molecule has 4 N–H and O–H groups in total. The number of carboxylic acid groups (broad SMARTS) is 1. The summed E-state index contributed by atoms with van der Waals surface area (Å²) in [5, 5.41) is 20.9. The van der Waals surface area contributed by atoms with Crippen LogP contribution in [0.1, 0.15) is 29.0 Å². The number of hydrogen-bond acceptors (Lipinski definition) is 4. The highest BCUT2D eigenvalue weighted by atomic mass is 35.5. The molecule has 1 heterocycles. The van der Waals surface area contributed by atoms with E-state index >= 15 is 0 Å². The van der Waals surface area contributed by atoms with Crippen molar-refractivity contribution in [2.75, 3.05) is 6.79 Å². The molecule has 0 amide bonds. The Kier molecular flexibility index (Phi) is 6.77. The summed E-state index contributed by atoms with van der Waals surface area (Å²) >= 11 is 6.37. The number of aryl methyl sites for hydroxylation is 1. The van der Waals surface area contributed by atoms with E-state index in [1.807, 2.05) is 66.8 Å². The van der Waals surface area contributed by atoms with E-state index in [-0.39, 0.29) is 18.9 Å². The molecule has 7 heteroatoms. The Morgan fingerprint density at radius 3 is 2.67 bits per heavy atom. The number of rotatable bonds is 8. The van der Waals surface area contributed by atoms with Crippen LogP contribution in [0.4, 0.5) is 5.69 Å². The van der Waals surface area contributed by atoms with Gasteiger partial charge in [-0.1, -0.05) is 53.6 Å². The third kappa shape index (κ3) is 5.42. The van der Waals surface area contributed by atoms with E-state index in [1.54, 1.807) is 18.2 Å². The maximum atomic E-state index is 12.0. The van der Waals surface area contributed by atoms with Crippen molar-refractivity contribution >= 4 is 34.7 Å². The minimum Gasteiger partial charge on any atom is -0.481 e. The lowest BCUT2D eigenvalue weighted by Crippen LogP contribution is -2.74. The van der Waals surface area contributed by atoms with Crippen LogP contribution >= 0.6 is 11.6 Å². The van der Waals surface area contributed by atoms with Crippen molar-refractivity contribution in [3.05, 3.63) is 94.5 Å². The van der Waals surface area contributed by atoms with Crippen LogP contribution in [0.15, 0.2) is 72.8 Å². The molecule has 0 bridgehead atoms. The minimum atomic E-state index is -0.960. The first kappa shape index (κ1) is 22.6. The first-order valence-electron chi connectivity index (χ1n) is 10.5. The third-order valence-electron chi connectivity index (χ3n) is 5.42. The van der Waals surface area contributed by atoms with Crippen LogP contribution in [0, 0.1) is 12.3 Å². The summed E-state index contributed by atoms with van der Waals surface area (Å²) in [5.74, 6) is -0.484. The molecule has 4 rings (SSSR count). The maximum Gasteiger partial charge on any atom is 0.311 e. The second kappa shape index (κ2) is 9.90. The topological polar surface area (TPSA) is 96.2 Å².